The predicted molar refractivity (Wildman–Crippen MR) is 108 cm³/mol. The Labute approximate surface area is 168 Å². The molecule has 0 unspecified atom stereocenters. The molecule has 3 aromatic rings. The minimum absolute atomic E-state index is 0.0192. The van der Waals surface area contributed by atoms with Crippen LogP contribution in [0, 0.1) is 18.3 Å². The largest absolute Gasteiger partial charge is 0.292 e. The van der Waals surface area contributed by atoms with Gasteiger partial charge in [-0.25, -0.2) is 4.98 Å². The number of hydrogen-bond donors (Lipinski definition) is 0. The Balaban J connectivity index is 1.57. The molecular formula is C22H19ClN4O. The van der Waals surface area contributed by atoms with Crippen molar-refractivity contribution in [3.8, 4) is 6.07 Å². The van der Waals surface area contributed by atoms with Crippen molar-refractivity contribution in [2.75, 3.05) is 0 Å². The lowest BCUT2D eigenvalue weighted by molar-refractivity contribution is 0.273. The summed E-state index contributed by atoms with van der Waals surface area (Å²) in [4.78, 5) is 20.0. The third-order valence-electron chi connectivity index (χ3n) is 5.01. The maximum Gasteiger partial charge on any atom is 0.258 e. The zero-order valence-corrected chi connectivity index (χ0v) is 16.3. The molecule has 6 heteroatoms. The van der Waals surface area contributed by atoms with Crippen LogP contribution in [-0.4, -0.2) is 14.5 Å². The lowest BCUT2D eigenvalue weighted by Gasteiger charge is -2.14. The van der Waals surface area contributed by atoms with Crippen LogP contribution in [0.1, 0.15) is 33.8 Å². The molecule has 0 atom stereocenters. The van der Waals surface area contributed by atoms with Gasteiger partial charge >= 0.3 is 0 Å². The zero-order chi connectivity index (χ0) is 19.7. The van der Waals surface area contributed by atoms with E-state index >= 15 is 0 Å². The first kappa shape index (κ1) is 18.4. The van der Waals surface area contributed by atoms with Crippen LogP contribution in [0.2, 0.25) is 5.02 Å². The first-order valence-electron chi connectivity index (χ1n) is 9.08. The standard InChI is InChI=1S/C22H19ClN4O/c1-15-25-21-14-26(11-18-4-2-3-17(9-18)10-24)13-20(21)22(28)27(15)12-16-5-7-19(23)8-6-16/h2-9H,11-14H2,1H3. The van der Waals surface area contributed by atoms with E-state index in [-0.39, 0.29) is 5.56 Å². The van der Waals surface area contributed by atoms with Crippen LogP contribution in [0.4, 0.5) is 0 Å². The van der Waals surface area contributed by atoms with Gasteiger partial charge in [-0.2, -0.15) is 5.26 Å². The Morgan fingerprint density at radius 2 is 1.89 bits per heavy atom. The number of aryl methyl sites for hydroxylation is 1. The molecule has 0 amide bonds. The zero-order valence-electron chi connectivity index (χ0n) is 15.5. The van der Waals surface area contributed by atoms with Gasteiger partial charge in [-0.1, -0.05) is 35.9 Å². The van der Waals surface area contributed by atoms with Crippen LogP contribution in [0.5, 0.6) is 0 Å². The quantitative estimate of drug-likeness (QED) is 0.682. The Morgan fingerprint density at radius 3 is 2.64 bits per heavy atom. The van der Waals surface area contributed by atoms with Gasteiger partial charge in [0.15, 0.2) is 0 Å². The van der Waals surface area contributed by atoms with Crippen LogP contribution < -0.4 is 5.56 Å². The fraction of sp³-hybridized carbons (Fsp3) is 0.227. The summed E-state index contributed by atoms with van der Waals surface area (Å²) in [6.45, 7) is 4.24. The monoisotopic (exact) mass is 390 g/mol. The smallest absolute Gasteiger partial charge is 0.258 e. The van der Waals surface area contributed by atoms with E-state index in [9.17, 15) is 4.79 Å². The molecule has 0 N–H and O–H groups in total. The van der Waals surface area contributed by atoms with Gasteiger partial charge in [0.1, 0.15) is 5.82 Å². The van der Waals surface area contributed by atoms with Gasteiger partial charge in [-0.3, -0.25) is 14.3 Å². The molecule has 1 aliphatic heterocycles. The molecule has 2 heterocycles. The number of rotatable bonds is 4. The molecule has 1 aromatic heterocycles. The van der Waals surface area contributed by atoms with Crippen LogP contribution >= 0.6 is 11.6 Å². The maximum absolute atomic E-state index is 13.1. The van der Waals surface area contributed by atoms with Gasteiger partial charge in [-0.05, 0) is 42.3 Å². The van der Waals surface area contributed by atoms with Crippen LogP contribution in [0.15, 0.2) is 53.3 Å². The van der Waals surface area contributed by atoms with Crippen molar-refractivity contribution in [3.05, 3.63) is 97.7 Å². The number of nitrogens with zero attached hydrogens (tertiary/aromatic N) is 4. The molecule has 1 aliphatic rings. The normalized spacial score (nSPS) is 13.3. The van der Waals surface area contributed by atoms with Crippen molar-refractivity contribution in [2.45, 2.75) is 33.1 Å². The highest BCUT2D eigenvalue weighted by Gasteiger charge is 2.25. The predicted octanol–water partition coefficient (Wildman–Crippen LogP) is 3.64. The highest BCUT2D eigenvalue weighted by molar-refractivity contribution is 6.30. The number of hydrogen-bond acceptors (Lipinski definition) is 4. The van der Waals surface area contributed by atoms with Gasteiger partial charge in [0.05, 0.1) is 29.4 Å². The average molecular weight is 391 g/mol. The first-order valence-corrected chi connectivity index (χ1v) is 9.46. The van der Waals surface area contributed by atoms with Crippen LogP contribution in [0.3, 0.4) is 0 Å². The molecule has 4 rings (SSSR count). The highest BCUT2D eigenvalue weighted by Crippen LogP contribution is 2.21. The summed E-state index contributed by atoms with van der Waals surface area (Å²) in [6, 6.07) is 17.3. The van der Waals surface area contributed by atoms with E-state index in [4.69, 9.17) is 21.8 Å². The molecule has 140 valence electrons. The SMILES string of the molecule is Cc1nc2c(c(=O)n1Cc1ccc(Cl)cc1)CN(Cc1cccc(C#N)c1)C2. The van der Waals surface area contributed by atoms with Crippen molar-refractivity contribution in [1.29, 1.82) is 5.26 Å². The lowest BCUT2D eigenvalue weighted by Crippen LogP contribution is -2.28. The Hall–Kier alpha value is -2.94. The summed E-state index contributed by atoms with van der Waals surface area (Å²) < 4.78 is 1.72. The summed E-state index contributed by atoms with van der Waals surface area (Å²) >= 11 is 5.95. The average Bonchev–Trinajstić information content (AvgIpc) is 3.09. The molecule has 0 aliphatic carbocycles. The van der Waals surface area contributed by atoms with E-state index in [2.05, 4.69) is 11.0 Å². The van der Waals surface area contributed by atoms with Crippen LogP contribution in [0.25, 0.3) is 0 Å². The maximum atomic E-state index is 13.1. The molecular weight excluding hydrogens is 372 g/mol. The second kappa shape index (κ2) is 7.59. The van der Waals surface area contributed by atoms with Gasteiger partial charge < -0.3 is 0 Å². The van der Waals surface area contributed by atoms with Gasteiger partial charge in [0, 0.05) is 24.7 Å². The number of aromatic nitrogens is 2. The molecule has 0 spiro atoms. The van der Waals surface area contributed by atoms with E-state index in [1.807, 2.05) is 49.4 Å². The minimum Gasteiger partial charge on any atom is -0.292 e. The van der Waals surface area contributed by atoms with E-state index in [0.29, 0.717) is 42.6 Å². The third kappa shape index (κ3) is 3.70. The molecule has 0 saturated carbocycles. The topological polar surface area (TPSA) is 61.9 Å². The van der Waals surface area contributed by atoms with Crippen molar-refractivity contribution in [1.82, 2.24) is 14.5 Å². The van der Waals surface area contributed by atoms with E-state index in [1.165, 1.54) is 0 Å². The lowest BCUT2D eigenvalue weighted by atomic mass is 10.1. The van der Waals surface area contributed by atoms with Gasteiger partial charge in [0.25, 0.3) is 5.56 Å². The van der Waals surface area contributed by atoms with E-state index in [0.717, 1.165) is 22.4 Å². The molecule has 0 radical (unpaired) electrons. The summed E-state index contributed by atoms with van der Waals surface area (Å²) in [7, 11) is 0. The first-order chi connectivity index (χ1) is 13.5. The molecule has 0 saturated heterocycles. The van der Waals surface area contributed by atoms with E-state index < -0.39 is 0 Å². The third-order valence-corrected chi connectivity index (χ3v) is 5.26. The molecule has 0 bridgehead atoms. The molecule has 0 fully saturated rings. The number of halogens is 1. The Bertz CT molecular complexity index is 1130. The summed E-state index contributed by atoms with van der Waals surface area (Å²) in [5, 5.41) is 9.75. The summed E-state index contributed by atoms with van der Waals surface area (Å²) in [5.41, 5.74) is 4.35. The number of benzene rings is 2. The van der Waals surface area contributed by atoms with Crippen molar-refractivity contribution < 1.29 is 0 Å². The van der Waals surface area contributed by atoms with Crippen LogP contribution in [-0.2, 0) is 26.2 Å². The van der Waals surface area contributed by atoms with Crippen molar-refractivity contribution >= 4 is 11.6 Å². The number of fused-ring (bicyclic) bond motifs is 1. The summed E-state index contributed by atoms with van der Waals surface area (Å²) in [5.74, 6) is 0.715. The Morgan fingerprint density at radius 1 is 1.11 bits per heavy atom. The minimum atomic E-state index is 0.0192. The second-order valence-electron chi connectivity index (χ2n) is 7.06. The molecule has 5 nitrogen and oxygen atoms in total. The van der Waals surface area contributed by atoms with Crippen molar-refractivity contribution in [2.24, 2.45) is 0 Å². The van der Waals surface area contributed by atoms with E-state index in [1.54, 1.807) is 10.6 Å². The highest BCUT2D eigenvalue weighted by atomic mass is 35.5. The van der Waals surface area contributed by atoms with Gasteiger partial charge in [0.2, 0.25) is 0 Å². The second-order valence-corrected chi connectivity index (χ2v) is 7.50. The van der Waals surface area contributed by atoms with Crippen molar-refractivity contribution in [3.63, 3.8) is 0 Å². The molecule has 2 aromatic carbocycles. The fourth-order valence-corrected chi connectivity index (χ4v) is 3.73. The number of nitriles is 1. The molecule has 28 heavy (non-hydrogen) atoms. The summed E-state index contributed by atoms with van der Waals surface area (Å²) in [6.07, 6.45) is 0. The fourth-order valence-electron chi connectivity index (χ4n) is 3.61. The Kier molecular flexibility index (Phi) is 4.99. The van der Waals surface area contributed by atoms with Gasteiger partial charge in [-0.15, -0.1) is 0 Å².